The molecule has 4 heteroatoms. The Balaban J connectivity index is 2.55. The number of rotatable bonds is 2. The molecule has 2 N–H and O–H groups in total. The number of nitrogens with zero attached hydrogens (tertiary/aromatic N) is 2. The summed E-state index contributed by atoms with van der Waals surface area (Å²) in [7, 11) is 1.75. The average Bonchev–Trinajstić information content (AvgIpc) is 2.33. The fourth-order valence-electron chi connectivity index (χ4n) is 1.42. The van der Waals surface area contributed by atoms with E-state index in [2.05, 4.69) is 42.5 Å². The molecule has 0 aliphatic heterocycles. The van der Waals surface area contributed by atoms with Crippen LogP contribution < -0.4 is 10.6 Å². The summed E-state index contributed by atoms with van der Waals surface area (Å²) in [6.45, 7) is 6.94. The van der Waals surface area contributed by atoms with Gasteiger partial charge in [-0.1, -0.05) is 12.1 Å². The van der Waals surface area contributed by atoms with Crippen LogP contribution in [0.2, 0.25) is 0 Å². The van der Waals surface area contributed by atoms with Crippen LogP contribution in [0.3, 0.4) is 0 Å². The van der Waals surface area contributed by atoms with Gasteiger partial charge in [0.15, 0.2) is 5.96 Å². The molecule has 0 heterocycles. The maximum absolute atomic E-state index is 8.72. The molecule has 4 nitrogen and oxygen atoms in total. The Bertz CT molecular complexity index is 446. The average molecular weight is 244 g/mol. The first-order valence-electron chi connectivity index (χ1n) is 5.92. The van der Waals surface area contributed by atoms with Crippen LogP contribution in [0.5, 0.6) is 0 Å². The fourth-order valence-corrected chi connectivity index (χ4v) is 1.42. The second-order valence-electron chi connectivity index (χ2n) is 5.11. The highest BCUT2D eigenvalue weighted by Gasteiger charge is 2.11. The van der Waals surface area contributed by atoms with Crippen LogP contribution in [0.4, 0.5) is 0 Å². The second kappa shape index (κ2) is 6.06. The van der Waals surface area contributed by atoms with Crippen molar-refractivity contribution in [3.05, 3.63) is 35.4 Å². The van der Waals surface area contributed by atoms with Crippen LogP contribution in [0.1, 0.15) is 31.9 Å². The van der Waals surface area contributed by atoms with Crippen molar-refractivity contribution in [3.8, 4) is 6.07 Å². The molecule has 0 radical (unpaired) electrons. The summed E-state index contributed by atoms with van der Waals surface area (Å²) in [5.41, 5.74) is 1.77. The highest BCUT2D eigenvalue weighted by molar-refractivity contribution is 5.80. The van der Waals surface area contributed by atoms with E-state index < -0.39 is 0 Å². The number of hydrogen-bond donors (Lipinski definition) is 2. The molecule has 1 aromatic rings. The van der Waals surface area contributed by atoms with Gasteiger partial charge in [0.25, 0.3) is 0 Å². The lowest BCUT2D eigenvalue weighted by molar-refractivity contribution is 0.501. The van der Waals surface area contributed by atoms with Gasteiger partial charge in [0.2, 0.25) is 0 Å². The van der Waals surface area contributed by atoms with Crippen LogP contribution in [0.25, 0.3) is 0 Å². The summed E-state index contributed by atoms with van der Waals surface area (Å²) in [5.74, 6) is 0.770. The van der Waals surface area contributed by atoms with Crippen molar-refractivity contribution in [1.82, 2.24) is 10.6 Å². The van der Waals surface area contributed by atoms with Gasteiger partial charge in [-0.15, -0.1) is 0 Å². The molecule has 0 fully saturated rings. The van der Waals surface area contributed by atoms with Gasteiger partial charge in [-0.2, -0.15) is 5.26 Å². The van der Waals surface area contributed by atoms with Crippen LogP contribution in [0.15, 0.2) is 29.3 Å². The molecule has 0 saturated carbocycles. The molecule has 0 atom stereocenters. The molecule has 0 spiro atoms. The van der Waals surface area contributed by atoms with E-state index in [9.17, 15) is 0 Å². The van der Waals surface area contributed by atoms with E-state index in [1.807, 2.05) is 24.3 Å². The molecule has 0 amide bonds. The zero-order chi connectivity index (χ0) is 13.6. The third-order valence-electron chi connectivity index (χ3n) is 2.26. The van der Waals surface area contributed by atoms with Crippen molar-refractivity contribution in [3.63, 3.8) is 0 Å². The van der Waals surface area contributed by atoms with E-state index in [-0.39, 0.29) is 5.54 Å². The zero-order valence-electron chi connectivity index (χ0n) is 11.4. The van der Waals surface area contributed by atoms with Gasteiger partial charge in [-0.3, -0.25) is 4.99 Å². The lowest BCUT2D eigenvalue weighted by Crippen LogP contribution is -2.47. The molecule has 18 heavy (non-hydrogen) atoms. The quantitative estimate of drug-likeness (QED) is 0.618. The van der Waals surface area contributed by atoms with Gasteiger partial charge in [0.1, 0.15) is 0 Å². The van der Waals surface area contributed by atoms with Gasteiger partial charge in [-0.05, 0) is 38.5 Å². The number of aliphatic imine (C=N–C) groups is 1. The van der Waals surface area contributed by atoms with Crippen molar-refractivity contribution in [2.24, 2.45) is 4.99 Å². The molecule has 0 bridgehead atoms. The highest BCUT2D eigenvalue weighted by atomic mass is 15.2. The number of nitrogens with one attached hydrogen (secondary N) is 2. The predicted octanol–water partition coefficient (Wildman–Crippen LogP) is 2.02. The number of benzene rings is 1. The molecule has 1 aromatic carbocycles. The van der Waals surface area contributed by atoms with E-state index in [1.54, 1.807) is 7.05 Å². The van der Waals surface area contributed by atoms with Gasteiger partial charge in [0, 0.05) is 19.1 Å². The largest absolute Gasteiger partial charge is 0.352 e. The minimum absolute atomic E-state index is 0.0213. The molecule has 0 aliphatic rings. The molecular weight excluding hydrogens is 224 g/mol. The van der Waals surface area contributed by atoms with E-state index in [1.165, 1.54) is 0 Å². The van der Waals surface area contributed by atoms with Crippen LogP contribution >= 0.6 is 0 Å². The fraction of sp³-hybridized carbons (Fsp3) is 0.429. The van der Waals surface area contributed by atoms with Gasteiger partial charge in [-0.25, -0.2) is 0 Å². The first-order valence-corrected chi connectivity index (χ1v) is 5.92. The highest BCUT2D eigenvalue weighted by Crippen LogP contribution is 2.03. The van der Waals surface area contributed by atoms with Crippen molar-refractivity contribution < 1.29 is 0 Å². The summed E-state index contributed by atoms with van der Waals surface area (Å²) in [5, 5.41) is 15.2. The number of nitriles is 1. The lowest BCUT2D eigenvalue weighted by atomic mass is 10.1. The minimum Gasteiger partial charge on any atom is -0.352 e. The Hall–Kier alpha value is -2.02. The first-order chi connectivity index (χ1) is 8.44. The van der Waals surface area contributed by atoms with Gasteiger partial charge in [0.05, 0.1) is 11.6 Å². The second-order valence-corrected chi connectivity index (χ2v) is 5.11. The topological polar surface area (TPSA) is 60.2 Å². The maximum atomic E-state index is 8.72. The summed E-state index contributed by atoms with van der Waals surface area (Å²) in [6, 6.07) is 9.62. The summed E-state index contributed by atoms with van der Waals surface area (Å²) in [4.78, 5) is 4.16. The van der Waals surface area contributed by atoms with Crippen LogP contribution in [-0.4, -0.2) is 18.5 Å². The molecule has 0 aromatic heterocycles. The molecule has 1 rings (SSSR count). The maximum Gasteiger partial charge on any atom is 0.191 e. The molecule has 96 valence electrons. The van der Waals surface area contributed by atoms with Crippen molar-refractivity contribution >= 4 is 5.96 Å². The Kier molecular flexibility index (Phi) is 4.73. The van der Waals surface area contributed by atoms with Crippen LogP contribution in [-0.2, 0) is 6.54 Å². The zero-order valence-corrected chi connectivity index (χ0v) is 11.4. The Labute approximate surface area is 109 Å². The third kappa shape index (κ3) is 4.88. The molecular formula is C14H20N4. The van der Waals surface area contributed by atoms with E-state index in [0.29, 0.717) is 12.1 Å². The minimum atomic E-state index is -0.0213. The number of hydrogen-bond acceptors (Lipinski definition) is 2. The van der Waals surface area contributed by atoms with Gasteiger partial charge >= 0.3 is 0 Å². The SMILES string of the molecule is CN=C(NCc1ccc(C#N)cc1)NC(C)(C)C. The van der Waals surface area contributed by atoms with Crippen molar-refractivity contribution in [2.75, 3.05) is 7.05 Å². The van der Waals surface area contributed by atoms with Gasteiger partial charge < -0.3 is 10.6 Å². The smallest absolute Gasteiger partial charge is 0.191 e. The van der Waals surface area contributed by atoms with Crippen molar-refractivity contribution in [1.29, 1.82) is 5.26 Å². The number of guanidine groups is 1. The monoisotopic (exact) mass is 244 g/mol. The normalized spacial score (nSPS) is 11.8. The summed E-state index contributed by atoms with van der Waals surface area (Å²) < 4.78 is 0. The Morgan fingerprint density at radius 1 is 1.28 bits per heavy atom. The Morgan fingerprint density at radius 3 is 2.33 bits per heavy atom. The lowest BCUT2D eigenvalue weighted by Gasteiger charge is -2.23. The van der Waals surface area contributed by atoms with E-state index in [4.69, 9.17) is 5.26 Å². The third-order valence-corrected chi connectivity index (χ3v) is 2.26. The standard InChI is InChI=1S/C14H20N4/c1-14(2,3)18-13(16-4)17-10-12-7-5-11(9-15)6-8-12/h5-8H,10H2,1-4H3,(H2,16,17,18). The molecule has 0 aliphatic carbocycles. The molecule has 0 unspecified atom stereocenters. The summed E-state index contributed by atoms with van der Waals surface area (Å²) >= 11 is 0. The first kappa shape index (κ1) is 14.0. The van der Waals surface area contributed by atoms with Crippen molar-refractivity contribution in [2.45, 2.75) is 32.9 Å². The molecule has 0 saturated heterocycles. The van der Waals surface area contributed by atoms with E-state index in [0.717, 1.165) is 11.5 Å². The predicted molar refractivity (Wildman–Crippen MR) is 74.2 cm³/mol. The Morgan fingerprint density at radius 2 is 1.89 bits per heavy atom. The van der Waals surface area contributed by atoms with Crippen LogP contribution in [0, 0.1) is 11.3 Å². The van der Waals surface area contributed by atoms with E-state index >= 15 is 0 Å². The summed E-state index contributed by atoms with van der Waals surface area (Å²) in [6.07, 6.45) is 0.